The van der Waals surface area contributed by atoms with Crippen LogP contribution in [0.3, 0.4) is 0 Å². The lowest BCUT2D eigenvalue weighted by Gasteiger charge is -2.33. The van der Waals surface area contributed by atoms with Gasteiger partial charge in [0.2, 0.25) is 21.8 Å². The zero-order chi connectivity index (χ0) is 26.6. The van der Waals surface area contributed by atoms with E-state index in [2.05, 4.69) is 5.32 Å². The minimum Gasteiger partial charge on any atom is -0.495 e. The molecule has 0 aliphatic carbocycles. The van der Waals surface area contributed by atoms with Crippen LogP contribution in [0.2, 0.25) is 10.0 Å². The van der Waals surface area contributed by atoms with E-state index in [0.29, 0.717) is 16.3 Å². The predicted molar refractivity (Wildman–Crippen MR) is 140 cm³/mol. The Bertz CT molecular complexity index is 1180. The average molecular weight is 545 g/mol. The third kappa shape index (κ3) is 8.02. The maximum Gasteiger partial charge on any atom is 0.244 e. The molecule has 35 heavy (non-hydrogen) atoms. The third-order valence-corrected chi connectivity index (χ3v) is 6.87. The summed E-state index contributed by atoms with van der Waals surface area (Å²) in [6.45, 7) is 6.55. The smallest absolute Gasteiger partial charge is 0.244 e. The Morgan fingerprint density at radius 1 is 1.09 bits per heavy atom. The largest absolute Gasteiger partial charge is 0.495 e. The van der Waals surface area contributed by atoms with E-state index in [1.54, 1.807) is 31.2 Å². The van der Waals surface area contributed by atoms with Crippen LogP contribution in [0.1, 0.15) is 33.3 Å². The molecular weight excluding hydrogens is 513 g/mol. The van der Waals surface area contributed by atoms with Gasteiger partial charge in [-0.05, 0) is 57.5 Å². The number of benzene rings is 2. The van der Waals surface area contributed by atoms with Crippen LogP contribution < -0.4 is 14.4 Å². The lowest BCUT2D eigenvalue weighted by molar-refractivity contribution is -0.140. The van der Waals surface area contributed by atoms with Gasteiger partial charge >= 0.3 is 0 Å². The van der Waals surface area contributed by atoms with E-state index in [1.807, 2.05) is 20.8 Å². The molecular formula is C24H31Cl2N3O5S. The van der Waals surface area contributed by atoms with Crippen molar-refractivity contribution < 1.29 is 22.7 Å². The average Bonchev–Trinajstić information content (AvgIpc) is 2.74. The minimum absolute atomic E-state index is 0.0121. The summed E-state index contributed by atoms with van der Waals surface area (Å²) >= 11 is 12.5. The van der Waals surface area contributed by atoms with Gasteiger partial charge in [-0.25, -0.2) is 8.42 Å². The van der Waals surface area contributed by atoms with Crippen LogP contribution in [0.5, 0.6) is 5.75 Å². The van der Waals surface area contributed by atoms with E-state index in [9.17, 15) is 18.0 Å². The Morgan fingerprint density at radius 2 is 1.71 bits per heavy atom. The molecule has 2 aromatic rings. The predicted octanol–water partition coefficient (Wildman–Crippen LogP) is 4.10. The normalized spacial score (nSPS) is 12.6. The van der Waals surface area contributed by atoms with Crippen LogP contribution in [0.4, 0.5) is 5.69 Å². The fraction of sp³-hybridized carbons (Fsp3) is 0.417. The zero-order valence-corrected chi connectivity index (χ0v) is 23.0. The molecule has 0 aliphatic heterocycles. The van der Waals surface area contributed by atoms with E-state index in [-0.39, 0.29) is 23.2 Å². The van der Waals surface area contributed by atoms with Gasteiger partial charge in [-0.2, -0.15) is 0 Å². The molecule has 1 atom stereocenters. The highest BCUT2D eigenvalue weighted by molar-refractivity contribution is 7.92. The van der Waals surface area contributed by atoms with Crippen LogP contribution in [0, 0.1) is 0 Å². The zero-order valence-electron chi connectivity index (χ0n) is 20.6. The summed E-state index contributed by atoms with van der Waals surface area (Å²) in [6, 6.07) is 10.5. The fourth-order valence-electron chi connectivity index (χ4n) is 3.29. The highest BCUT2D eigenvalue weighted by Crippen LogP contribution is 2.30. The monoisotopic (exact) mass is 543 g/mol. The summed E-state index contributed by atoms with van der Waals surface area (Å²) in [6.07, 6.45) is 0.993. The van der Waals surface area contributed by atoms with Gasteiger partial charge in [0.05, 0.1) is 24.1 Å². The lowest BCUT2D eigenvalue weighted by atomic mass is 10.1. The number of carbonyl (C=O) groups is 2. The molecule has 0 unspecified atom stereocenters. The first kappa shape index (κ1) is 28.7. The Hall–Kier alpha value is -2.49. The van der Waals surface area contributed by atoms with Crippen LogP contribution in [-0.2, 0) is 26.2 Å². The first-order chi connectivity index (χ1) is 16.1. The number of sulfonamides is 1. The van der Waals surface area contributed by atoms with Gasteiger partial charge in [-0.1, -0.05) is 41.4 Å². The molecule has 2 amide bonds. The molecule has 0 aromatic heterocycles. The Balaban J connectivity index is 2.45. The Labute approximate surface area is 217 Å². The van der Waals surface area contributed by atoms with Crippen molar-refractivity contribution in [3.05, 3.63) is 58.1 Å². The van der Waals surface area contributed by atoms with Crippen molar-refractivity contribution in [3.8, 4) is 5.75 Å². The second kappa shape index (κ2) is 11.5. The number of amides is 2. The minimum atomic E-state index is -3.88. The summed E-state index contributed by atoms with van der Waals surface area (Å²) in [5, 5.41) is 3.48. The van der Waals surface area contributed by atoms with Crippen molar-refractivity contribution in [1.29, 1.82) is 0 Å². The van der Waals surface area contributed by atoms with Crippen molar-refractivity contribution in [2.75, 3.05) is 24.2 Å². The number of anilines is 1. The number of halogens is 2. The molecule has 0 aliphatic rings. The van der Waals surface area contributed by atoms with Gasteiger partial charge in [0, 0.05) is 17.1 Å². The van der Waals surface area contributed by atoms with Crippen molar-refractivity contribution in [1.82, 2.24) is 10.2 Å². The van der Waals surface area contributed by atoms with E-state index >= 15 is 0 Å². The van der Waals surface area contributed by atoms with Crippen LogP contribution in [0.25, 0.3) is 0 Å². The molecule has 8 nitrogen and oxygen atoms in total. The van der Waals surface area contributed by atoms with E-state index < -0.39 is 34.1 Å². The third-order valence-electron chi connectivity index (χ3n) is 5.07. The van der Waals surface area contributed by atoms with Gasteiger partial charge in [0.1, 0.15) is 18.3 Å². The molecule has 2 aromatic carbocycles. The summed E-state index contributed by atoms with van der Waals surface area (Å²) < 4.78 is 31.3. The van der Waals surface area contributed by atoms with E-state index in [4.69, 9.17) is 27.9 Å². The summed E-state index contributed by atoms with van der Waals surface area (Å²) in [7, 11) is -2.44. The lowest BCUT2D eigenvalue weighted by Crippen LogP contribution is -2.54. The molecule has 0 heterocycles. The molecule has 0 fully saturated rings. The standard InChI is InChI=1S/C24H31Cl2N3O5S/c1-16(23(31)27-24(2,3)4)28(14-17-9-7-8-10-19(17)25)22(30)15-29(35(6,32)33)18-11-12-21(34-5)20(26)13-18/h7-13,16H,14-15H2,1-6H3,(H,27,31)/t16-/m0/s1. The molecule has 0 saturated carbocycles. The summed E-state index contributed by atoms with van der Waals surface area (Å²) in [5.41, 5.74) is 0.288. The highest BCUT2D eigenvalue weighted by atomic mass is 35.5. The molecule has 0 bridgehead atoms. The van der Waals surface area contributed by atoms with Gasteiger partial charge in [0.25, 0.3) is 0 Å². The highest BCUT2D eigenvalue weighted by Gasteiger charge is 2.31. The Morgan fingerprint density at radius 3 is 2.23 bits per heavy atom. The molecule has 1 N–H and O–H groups in total. The Kier molecular flexibility index (Phi) is 9.44. The van der Waals surface area contributed by atoms with Crippen molar-refractivity contribution >= 4 is 50.7 Å². The summed E-state index contributed by atoms with van der Waals surface area (Å²) in [5.74, 6) is -0.599. The van der Waals surface area contributed by atoms with Crippen molar-refractivity contribution in [2.45, 2.75) is 45.8 Å². The van der Waals surface area contributed by atoms with Crippen LogP contribution in [-0.4, -0.2) is 56.6 Å². The van der Waals surface area contributed by atoms with E-state index in [1.165, 1.54) is 30.2 Å². The first-order valence-electron chi connectivity index (χ1n) is 10.8. The molecule has 11 heteroatoms. The molecule has 0 saturated heterocycles. The fourth-order valence-corrected chi connectivity index (χ4v) is 4.58. The van der Waals surface area contributed by atoms with E-state index in [0.717, 1.165) is 10.6 Å². The maximum atomic E-state index is 13.5. The number of nitrogens with one attached hydrogen (secondary N) is 1. The number of hydrogen-bond donors (Lipinski definition) is 1. The maximum absolute atomic E-state index is 13.5. The number of ether oxygens (including phenoxy) is 1. The van der Waals surface area contributed by atoms with Gasteiger partial charge < -0.3 is 15.0 Å². The topological polar surface area (TPSA) is 96.0 Å². The van der Waals surface area contributed by atoms with Gasteiger partial charge in [0.15, 0.2) is 0 Å². The molecule has 192 valence electrons. The number of rotatable bonds is 9. The van der Waals surface area contributed by atoms with Gasteiger partial charge in [-0.15, -0.1) is 0 Å². The number of carbonyl (C=O) groups excluding carboxylic acids is 2. The second-order valence-electron chi connectivity index (χ2n) is 9.12. The van der Waals surface area contributed by atoms with Gasteiger partial charge in [-0.3, -0.25) is 13.9 Å². The van der Waals surface area contributed by atoms with Crippen molar-refractivity contribution in [3.63, 3.8) is 0 Å². The molecule has 0 radical (unpaired) electrons. The first-order valence-corrected chi connectivity index (χ1v) is 13.4. The number of nitrogens with zero attached hydrogens (tertiary/aromatic N) is 2. The molecule has 2 rings (SSSR count). The summed E-state index contributed by atoms with van der Waals surface area (Å²) in [4.78, 5) is 27.8. The van der Waals surface area contributed by atoms with Crippen LogP contribution in [0.15, 0.2) is 42.5 Å². The van der Waals surface area contributed by atoms with Crippen LogP contribution >= 0.6 is 23.2 Å². The number of methoxy groups -OCH3 is 1. The molecule has 0 spiro atoms. The number of hydrogen-bond acceptors (Lipinski definition) is 5. The SMILES string of the molecule is COc1ccc(N(CC(=O)N(Cc2ccccc2Cl)[C@@H](C)C(=O)NC(C)(C)C)S(C)(=O)=O)cc1Cl. The van der Waals surface area contributed by atoms with Crippen molar-refractivity contribution in [2.24, 2.45) is 0 Å². The quantitative estimate of drug-likeness (QED) is 0.513. The second-order valence-corrected chi connectivity index (χ2v) is 11.8.